The maximum Gasteiger partial charge on any atom is 0.266 e. The van der Waals surface area contributed by atoms with Crippen molar-refractivity contribution in [3.05, 3.63) is 56.9 Å². The molecule has 1 saturated heterocycles. The number of likely N-dealkylation sites (N-methyl/N-ethyl adjacent to an activating group) is 1. The van der Waals surface area contributed by atoms with Crippen LogP contribution in [-0.4, -0.2) is 32.7 Å². The molecule has 2 heterocycles. The van der Waals surface area contributed by atoms with Crippen LogP contribution in [0.25, 0.3) is 6.08 Å². The lowest BCUT2D eigenvalue weighted by molar-refractivity contribution is -0.122. The summed E-state index contributed by atoms with van der Waals surface area (Å²) < 4.78 is 0. The molecular formula is C17H15ClN4OS2. The van der Waals surface area contributed by atoms with Crippen LogP contribution in [0, 0.1) is 6.92 Å². The van der Waals surface area contributed by atoms with Gasteiger partial charge in [0.15, 0.2) is 5.17 Å². The second kappa shape index (κ2) is 7.95. The van der Waals surface area contributed by atoms with Crippen LogP contribution >= 0.6 is 34.7 Å². The Hall–Kier alpha value is -1.96. The molecule has 8 heteroatoms. The SMILES string of the molecule is CCN1C(=O)/C(=C/C(Cl)=C/c2ccccc2)S/C1=N/c1nnc(C)s1. The van der Waals surface area contributed by atoms with Crippen molar-refractivity contribution in [1.29, 1.82) is 0 Å². The topological polar surface area (TPSA) is 58.5 Å². The largest absolute Gasteiger partial charge is 0.287 e. The van der Waals surface area contributed by atoms with Crippen LogP contribution in [0.3, 0.4) is 0 Å². The monoisotopic (exact) mass is 390 g/mol. The van der Waals surface area contributed by atoms with Gasteiger partial charge in [0.05, 0.1) is 4.91 Å². The predicted octanol–water partition coefficient (Wildman–Crippen LogP) is 4.59. The number of amidine groups is 1. The number of aryl methyl sites for hydroxylation is 1. The molecule has 128 valence electrons. The Kier molecular flexibility index (Phi) is 5.67. The molecule has 5 nitrogen and oxygen atoms in total. The predicted molar refractivity (Wildman–Crippen MR) is 105 cm³/mol. The van der Waals surface area contributed by atoms with Crippen molar-refractivity contribution in [3.8, 4) is 0 Å². The lowest BCUT2D eigenvalue weighted by Gasteiger charge is -2.10. The summed E-state index contributed by atoms with van der Waals surface area (Å²) in [6.45, 7) is 4.30. The molecule has 0 atom stereocenters. The number of allylic oxidation sites excluding steroid dienone is 2. The summed E-state index contributed by atoms with van der Waals surface area (Å²) in [4.78, 5) is 19.2. The smallest absolute Gasteiger partial charge is 0.266 e. The molecule has 1 fully saturated rings. The fourth-order valence-electron chi connectivity index (χ4n) is 2.16. The van der Waals surface area contributed by atoms with E-state index in [0.717, 1.165) is 10.6 Å². The molecule has 0 saturated carbocycles. The van der Waals surface area contributed by atoms with Gasteiger partial charge in [-0.05, 0) is 43.3 Å². The number of aliphatic imine (C=N–C) groups is 1. The number of aromatic nitrogens is 2. The molecule has 1 aromatic heterocycles. The lowest BCUT2D eigenvalue weighted by atomic mass is 10.2. The van der Waals surface area contributed by atoms with Crippen LogP contribution in [0.5, 0.6) is 0 Å². The summed E-state index contributed by atoms with van der Waals surface area (Å²) >= 11 is 8.99. The number of amides is 1. The van der Waals surface area contributed by atoms with Gasteiger partial charge in [0, 0.05) is 11.6 Å². The average Bonchev–Trinajstić information content (AvgIpc) is 3.12. The van der Waals surface area contributed by atoms with Crippen molar-refractivity contribution in [2.45, 2.75) is 13.8 Å². The van der Waals surface area contributed by atoms with Gasteiger partial charge in [-0.15, -0.1) is 10.2 Å². The molecule has 25 heavy (non-hydrogen) atoms. The maximum absolute atomic E-state index is 12.6. The molecule has 0 unspecified atom stereocenters. The Balaban J connectivity index is 1.86. The zero-order chi connectivity index (χ0) is 17.8. The van der Waals surface area contributed by atoms with Crippen LogP contribution < -0.4 is 0 Å². The van der Waals surface area contributed by atoms with Gasteiger partial charge in [0.1, 0.15) is 5.01 Å². The molecule has 0 spiro atoms. The third-order valence-corrected chi connectivity index (χ3v) is 5.24. The maximum atomic E-state index is 12.6. The molecule has 0 radical (unpaired) electrons. The van der Waals surface area contributed by atoms with Crippen molar-refractivity contribution in [3.63, 3.8) is 0 Å². The second-order valence-electron chi connectivity index (χ2n) is 5.10. The Morgan fingerprint density at radius 2 is 2.08 bits per heavy atom. The Morgan fingerprint density at radius 3 is 2.72 bits per heavy atom. The van der Waals surface area contributed by atoms with Gasteiger partial charge in [-0.25, -0.2) is 0 Å². The van der Waals surface area contributed by atoms with Crippen LogP contribution in [0.15, 0.2) is 51.3 Å². The minimum absolute atomic E-state index is 0.105. The van der Waals surface area contributed by atoms with Crippen molar-refractivity contribution >= 4 is 57.0 Å². The van der Waals surface area contributed by atoms with E-state index < -0.39 is 0 Å². The highest BCUT2D eigenvalue weighted by atomic mass is 35.5. The van der Waals surface area contributed by atoms with E-state index in [1.807, 2.05) is 50.3 Å². The first-order valence-electron chi connectivity index (χ1n) is 7.59. The molecule has 1 aliphatic heterocycles. The molecule has 1 aromatic carbocycles. The van der Waals surface area contributed by atoms with E-state index in [1.165, 1.54) is 23.1 Å². The van der Waals surface area contributed by atoms with E-state index in [1.54, 1.807) is 11.0 Å². The first-order valence-corrected chi connectivity index (χ1v) is 9.60. The molecule has 0 aliphatic carbocycles. The van der Waals surface area contributed by atoms with Crippen molar-refractivity contribution in [1.82, 2.24) is 15.1 Å². The number of nitrogens with zero attached hydrogens (tertiary/aromatic N) is 4. The summed E-state index contributed by atoms with van der Waals surface area (Å²) in [7, 11) is 0. The summed E-state index contributed by atoms with van der Waals surface area (Å²) in [6.07, 6.45) is 3.50. The number of rotatable bonds is 4. The van der Waals surface area contributed by atoms with Crippen LogP contribution in [0.1, 0.15) is 17.5 Å². The van der Waals surface area contributed by atoms with Crippen molar-refractivity contribution in [2.75, 3.05) is 6.54 Å². The normalized spacial score (nSPS) is 18.6. The Labute approximate surface area is 159 Å². The average molecular weight is 391 g/mol. The third kappa shape index (κ3) is 4.36. The van der Waals surface area contributed by atoms with E-state index >= 15 is 0 Å². The van der Waals surface area contributed by atoms with E-state index in [9.17, 15) is 4.79 Å². The van der Waals surface area contributed by atoms with E-state index in [4.69, 9.17) is 11.6 Å². The van der Waals surface area contributed by atoms with Crippen molar-refractivity contribution in [2.24, 2.45) is 4.99 Å². The molecule has 0 bridgehead atoms. The molecule has 3 rings (SSSR count). The van der Waals surface area contributed by atoms with Gasteiger partial charge in [0.2, 0.25) is 5.13 Å². The number of hydrogen-bond donors (Lipinski definition) is 0. The number of thioether (sulfide) groups is 1. The third-order valence-electron chi connectivity index (χ3n) is 3.28. The summed E-state index contributed by atoms with van der Waals surface area (Å²) in [5.41, 5.74) is 0.977. The standard InChI is InChI=1S/C17H15ClN4OS2/c1-3-22-15(23)14(10-13(18)9-12-7-5-4-6-8-12)25-17(22)19-16-21-20-11(2)24-16/h4-10H,3H2,1-2H3/b13-9-,14-10-,19-17+. The van der Waals surface area contributed by atoms with E-state index in [2.05, 4.69) is 15.2 Å². The fourth-order valence-corrected chi connectivity index (χ4v) is 4.11. The Morgan fingerprint density at radius 1 is 1.32 bits per heavy atom. The highest BCUT2D eigenvalue weighted by molar-refractivity contribution is 8.18. The zero-order valence-electron chi connectivity index (χ0n) is 13.6. The summed E-state index contributed by atoms with van der Waals surface area (Å²) in [6, 6.07) is 9.72. The van der Waals surface area contributed by atoms with Gasteiger partial charge in [0.25, 0.3) is 5.91 Å². The quantitative estimate of drug-likeness (QED) is 0.716. The molecule has 1 amide bonds. The van der Waals surface area contributed by atoms with Gasteiger partial charge in [-0.3, -0.25) is 9.69 Å². The van der Waals surface area contributed by atoms with Gasteiger partial charge < -0.3 is 0 Å². The van der Waals surface area contributed by atoms with E-state index in [0.29, 0.717) is 26.8 Å². The zero-order valence-corrected chi connectivity index (χ0v) is 16.0. The number of benzene rings is 1. The summed E-state index contributed by atoms with van der Waals surface area (Å²) in [5.74, 6) is -0.105. The molecule has 1 aliphatic rings. The first-order chi connectivity index (χ1) is 12.1. The number of carbonyl (C=O) groups is 1. The second-order valence-corrected chi connectivity index (χ2v) is 7.70. The molecule has 0 N–H and O–H groups in total. The Bertz CT molecular complexity index is 874. The van der Waals surface area contributed by atoms with E-state index in [-0.39, 0.29) is 5.91 Å². The van der Waals surface area contributed by atoms with Gasteiger partial charge >= 0.3 is 0 Å². The number of carbonyl (C=O) groups excluding carboxylic acids is 1. The first kappa shape index (κ1) is 17.8. The number of hydrogen-bond acceptors (Lipinski definition) is 6. The fraction of sp³-hybridized carbons (Fsp3) is 0.176. The van der Waals surface area contributed by atoms with Crippen molar-refractivity contribution < 1.29 is 4.79 Å². The lowest BCUT2D eigenvalue weighted by Crippen LogP contribution is -2.28. The van der Waals surface area contributed by atoms with Gasteiger partial charge in [-0.1, -0.05) is 53.3 Å². The van der Waals surface area contributed by atoms with Gasteiger partial charge in [-0.2, -0.15) is 4.99 Å². The minimum atomic E-state index is -0.105. The minimum Gasteiger partial charge on any atom is -0.287 e. The molecule has 2 aromatic rings. The summed E-state index contributed by atoms with van der Waals surface area (Å²) in [5, 5.41) is 10.4. The highest BCUT2D eigenvalue weighted by Crippen LogP contribution is 2.34. The highest BCUT2D eigenvalue weighted by Gasteiger charge is 2.32. The van der Waals surface area contributed by atoms with Crippen LogP contribution in [0.4, 0.5) is 5.13 Å². The van der Waals surface area contributed by atoms with Crippen LogP contribution in [0.2, 0.25) is 0 Å². The molecular weight excluding hydrogens is 376 g/mol. The van der Waals surface area contributed by atoms with Crippen LogP contribution in [-0.2, 0) is 4.79 Å². The number of halogens is 1.